The van der Waals surface area contributed by atoms with Crippen molar-refractivity contribution >= 4 is 17.5 Å². The summed E-state index contributed by atoms with van der Waals surface area (Å²) in [7, 11) is 0. The van der Waals surface area contributed by atoms with Crippen molar-refractivity contribution in [3.05, 3.63) is 137 Å². The Morgan fingerprint density at radius 3 is 1.97 bits per heavy atom. The van der Waals surface area contributed by atoms with Crippen molar-refractivity contribution < 1.29 is 9.59 Å². The van der Waals surface area contributed by atoms with E-state index in [9.17, 15) is 9.59 Å². The Bertz CT molecular complexity index is 1250. The van der Waals surface area contributed by atoms with Crippen LogP contribution in [0.1, 0.15) is 45.6 Å². The van der Waals surface area contributed by atoms with Crippen molar-refractivity contribution in [1.29, 1.82) is 0 Å². The molecule has 35 heavy (non-hydrogen) atoms. The lowest BCUT2D eigenvalue weighted by atomic mass is 10.1. The van der Waals surface area contributed by atoms with Crippen LogP contribution in [-0.2, 0) is 17.8 Å². The highest BCUT2D eigenvalue weighted by molar-refractivity contribution is 6.06. The van der Waals surface area contributed by atoms with Crippen LogP contribution in [0.25, 0.3) is 0 Å². The van der Waals surface area contributed by atoms with Gasteiger partial charge in [0.1, 0.15) is 0 Å². The van der Waals surface area contributed by atoms with Crippen LogP contribution in [0.5, 0.6) is 0 Å². The molecule has 0 aromatic heterocycles. The SMILES string of the molecule is Cc1ccc(C(=O)N(Cc2ccccc2)c2ccc(CC(=O)NC(C)c3ccccc3)cc2)cc1. The van der Waals surface area contributed by atoms with Gasteiger partial charge in [-0.2, -0.15) is 0 Å². The van der Waals surface area contributed by atoms with Gasteiger partial charge >= 0.3 is 0 Å². The van der Waals surface area contributed by atoms with E-state index in [4.69, 9.17) is 0 Å². The van der Waals surface area contributed by atoms with Gasteiger partial charge in [0, 0.05) is 11.3 Å². The molecule has 0 spiro atoms. The van der Waals surface area contributed by atoms with Gasteiger partial charge in [0.05, 0.1) is 19.0 Å². The summed E-state index contributed by atoms with van der Waals surface area (Å²) in [6.07, 6.45) is 0.280. The Morgan fingerprint density at radius 2 is 1.34 bits per heavy atom. The number of hydrogen-bond donors (Lipinski definition) is 1. The fraction of sp³-hybridized carbons (Fsp3) is 0.161. The number of carbonyl (C=O) groups is 2. The lowest BCUT2D eigenvalue weighted by molar-refractivity contribution is -0.121. The summed E-state index contributed by atoms with van der Waals surface area (Å²) >= 11 is 0. The maximum absolute atomic E-state index is 13.4. The van der Waals surface area contributed by atoms with E-state index in [0.717, 1.165) is 27.9 Å². The number of amides is 2. The molecule has 0 aliphatic rings. The Kier molecular flexibility index (Phi) is 7.74. The number of benzene rings is 4. The van der Waals surface area contributed by atoms with Crippen molar-refractivity contribution in [2.24, 2.45) is 0 Å². The normalized spacial score (nSPS) is 11.5. The summed E-state index contributed by atoms with van der Waals surface area (Å²) in [4.78, 5) is 27.8. The summed E-state index contributed by atoms with van der Waals surface area (Å²) in [5.41, 5.74) is 5.56. The van der Waals surface area contributed by atoms with Crippen LogP contribution >= 0.6 is 0 Å². The largest absolute Gasteiger partial charge is 0.349 e. The Labute approximate surface area is 207 Å². The average molecular weight is 463 g/mol. The monoisotopic (exact) mass is 462 g/mol. The first kappa shape index (κ1) is 24.0. The number of carbonyl (C=O) groups excluding carboxylic acids is 2. The molecule has 0 radical (unpaired) electrons. The second kappa shape index (κ2) is 11.3. The van der Waals surface area contributed by atoms with Crippen molar-refractivity contribution in [3.8, 4) is 0 Å². The van der Waals surface area contributed by atoms with Gasteiger partial charge < -0.3 is 10.2 Å². The Morgan fingerprint density at radius 1 is 0.743 bits per heavy atom. The van der Waals surface area contributed by atoms with Gasteiger partial charge in [-0.05, 0) is 54.8 Å². The van der Waals surface area contributed by atoms with Gasteiger partial charge in [0.25, 0.3) is 5.91 Å². The molecule has 1 N–H and O–H groups in total. The standard InChI is InChI=1S/C31H30N2O2/c1-23-13-17-28(18-14-23)31(35)33(22-26-9-5-3-6-10-26)29-19-15-25(16-20-29)21-30(34)32-24(2)27-11-7-4-8-12-27/h3-20,24H,21-22H2,1-2H3,(H,32,34). The molecular formula is C31H30N2O2. The maximum Gasteiger partial charge on any atom is 0.258 e. The van der Waals surface area contributed by atoms with Gasteiger partial charge in [0.2, 0.25) is 5.91 Å². The van der Waals surface area contributed by atoms with Gasteiger partial charge in [-0.25, -0.2) is 0 Å². The van der Waals surface area contributed by atoms with Gasteiger partial charge in [-0.3, -0.25) is 9.59 Å². The fourth-order valence-electron chi connectivity index (χ4n) is 4.00. The zero-order chi connectivity index (χ0) is 24.6. The summed E-state index contributed by atoms with van der Waals surface area (Å²) in [5, 5.41) is 3.06. The van der Waals surface area contributed by atoms with Gasteiger partial charge in [-0.15, -0.1) is 0 Å². The van der Waals surface area contributed by atoms with Crippen molar-refractivity contribution in [3.63, 3.8) is 0 Å². The van der Waals surface area contributed by atoms with E-state index in [1.165, 1.54) is 0 Å². The van der Waals surface area contributed by atoms with E-state index in [1.54, 1.807) is 4.90 Å². The first-order valence-corrected chi connectivity index (χ1v) is 11.9. The van der Waals surface area contributed by atoms with Crippen LogP contribution in [0.4, 0.5) is 5.69 Å². The number of nitrogens with zero attached hydrogens (tertiary/aromatic N) is 1. The van der Waals surface area contributed by atoms with E-state index in [1.807, 2.05) is 123 Å². The molecule has 4 rings (SSSR count). The molecule has 4 aromatic carbocycles. The number of nitrogens with one attached hydrogen (secondary N) is 1. The molecule has 0 aliphatic carbocycles. The quantitative estimate of drug-likeness (QED) is 0.336. The summed E-state index contributed by atoms with van der Waals surface area (Å²) in [5.74, 6) is -0.0954. The van der Waals surface area contributed by atoms with E-state index in [-0.39, 0.29) is 24.3 Å². The summed E-state index contributed by atoms with van der Waals surface area (Å²) < 4.78 is 0. The molecule has 1 unspecified atom stereocenters. The number of aryl methyl sites for hydroxylation is 1. The summed E-state index contributed by atoms with van der Waals surface area (Å²) in [6, 6.07) is 35.1. The molecule has 4 heteroatoms. The lowest BCUT2D eigenvalue weighted by Crippen LogP contribution is -2.30. The van der Waals surface area contributed by atoms with Crippen LogP contribution in [-0.4, -0.2) is 11.8 Å². The summed E-state index contributed by atoms with van der Waals surface area (Å²) in [6.45, 7) is 4.45. The number of rotatable bonds is 8. The van der Waals surface area contributed by atoms with E-state index >= 15 is 0 Å². The molecule has 4 aromatic rings. The molecule has 0 heterocycles. The second-order valence-corrected chi connectivity index (χ2v) is 8.79. The second-order valence-electron chi connectivity index (χ2n) is 8.79. The minimum Gasteiger partial charge on any atom is -0.349 e. The molecule has 0 saturated heterocycles. The molecule has 2 amide bonds. The molecule has 0 fully saturated rings. The van der Waals surface area contributed by atoms with Crippen molar-refractivity contribution in [2.75, 3.05) is 4.90 Å². The first-order chi connectivity index (χ1) is 17.0. The van der Waals surface area contributed by atoms with Crippen LogP contribution in [0.15, 0.2) is 109 Å². The molecule has 0 saturated carbocycles. The zero-order valence-electron chi connectivity index (χ0n) is 20.1. The molecule has 0 bridgehead atoms. The number of hydrogen-bond acceptors (Lipinski definition) is 2. The predicted molar refractivity (Wildman–Crippen MR) is 141 cm³/mol. The Hall–Kier alpha value is -4.18. The molecule has 176 valence electrons. The van der Waals surface area contributed by atoms with E-state index in [2.05, 4.69) is 5.32 Å². The van der Waals surface area contributed by atoms with Crippen LogP contribution < -0.4 is 10.2 Å². The van der Waals surface area contributed by atoms with Gasteiger partial charge in [0.15, 0.2) is 0 Å². The molecule has 4 nitrogen and oxygen atoms in total. The highest BCUT2D eigenvalue weighted by atomic mass is 16.2. The highest BCUT2D eigenvalue weighted by Gasteiger charge is 2.19. The third kappa shape index (κ3) is 6.45. The average Bonchev–Trinajstić information content (AvgIpc) is 2.89. The van der Waals surface area contributed by atoms with E-state index < -0.39 is 0 Å². The molecule has 0 aliphatic heterocycles. The van der Waals surface area contributed by atoms with Crippen LogP contribution in [0.2, 0.25) is 0 Å². The smallest absolute Gasteiger partial charge is 0.258 e. The zero-order valence-corrected chi connectivity index (χ0v) is 20.1. The molecular weight excluding hydrogens is 432 g/mol. The van der Waals surface area contributed by atoms with Crippen molar-refractivity contribution in [2.45, 2.75) is 32.9 Å². The van der Waals surface area contributed by atoms with Crippen molar-refractivity contribution in [1.82, 2.24) is 5.32 Å². The first-order valence-electron chi connectivity index (χ1n) is 11.9. The minimum absolute atomic E-state index is 0.0361. The third-order valence-corrected chi connectivity index (χ3v) is 6.02. The number of anilines is 1. The lowest BCUT2D eigenvalue weighted by Gasteiger charge is -2.24. The minimum atomic E-state index is -0.0592. The van der Waals surface area contributed by atoms with E-state index in [0.29, 0.717) is 12.1 Å². The van der Waals surface area contributed by atoms with Gasteiger partial charge in [-0.1, -0.05) is 90.5 Å². The molecule has 1 atom stereocenters. The van der Waals surface area contributed by atoms with Crippen LogP contribution in [0, 0.1) is 6.92 Å². The highest BCUT2D eigenvalue weighted by Crippen LogP contribution is 2.22. The fourth-order valence-corrected chi connectivity index (χ4v) is 4.00. The third-order valence-electron chi connectivity index (χ3n) is 6.02. The Balaban J connectivity index is 1.49. The maximum atomic E-state index is 13.4. The topological polar surface area (TPSA) is 49.4 Å². The predicted octanol–water partition coefficient (Wildman–Crippen LogP) is 6.26. The van der Waals surface area contributed by atoms with Crippen LogP contribution in [0.3, 0.4) is 0 Å².